The van der Waals surface area contributed by atoms with Crippen LogP contribution in [0, 0.1) is 10.1 Å². The second-order valence-corrected chi connectivity index (χ2v) is 4.97. The fraction of sp³-hybridized carbons (Fsp3) is 0.571. The molecular weight excluding hydrogens is 258 g/mol. The van der Waals surface area contributed by atoms with Crippen molar-refractivity contribution in [2.45, 2.75) is 20.0 Å². The fourth-order valence-corrected chi connectivity index (χ4v) is 2.11. The van der Waals surface area contributed by atoms with Gasteiger partial charge in [-0.25, -0.2) is 0 Å². The predicted molar refractivity (Wildman–Crippen MR) is 80.1 cm³/mol. The van der Waals surface area contributed by atoms with Crippen molar-refractivity contribution in [2.75, 3.05) is 38.6 Å². The molecule has 0 saturated carbocycles. The lowest BCUT2D eigenvalue weighted by atomic mass is 10.1. The molecule has 0 aromatic heterocycles. The van der Waals surface area contributed by atoms with E-state index in [-0.39, 0.29) is 17.2 Å². The standard InChI is InChI=1S/C14H23N3O3/c1-4-16(9-5-8-15(2)3)13-7-6-12(11-18)10-14(13)17(19)20/h6-7,10,18H,4-5,8-9,11H2,1-3H3. The number of benzene rings is 1. The van der Waals surface area contributed by atoms with Crippen LogP contribution in [-0.2, 0) is 6.61 Å². The lowest BCUT2D eigenvalue weighted by Gasteiger charge is -2.24. The fourth-order valence-electron chi connectivity index (χ4n) is 2.11. The molecule has 1 N–H and O–H groups in total. The largest absolute Gasteiger partial charge is 0.392 e. The minimum atomic E-state index is -0.386. The smallest absolute Gasteiger partial charge is 0.292 e. The summed E-state index contributed by atoms with van der Waals surface area (Å²) in [4.78, 5) is 14.9. The Bertz CT molecular complexity index is 449. The number of anilines is 1. The number of nitro benzene ring substituents is 1. The summed E-state index contributed by atoms with van der Waals surface area (Å²) in [7, 11) is 4.02. The van der Waals surface area contributed by atoms with Crippen molar-refractivity contribution < 1.29 is 10.0 Å². The zero-order valence-corrected chi connectivity index (χ0v) is 12.4. The van der Waals surface area contributed by atoms with Crippen molar-refractivity contribution in [2.24, 2.45) is 0 Å². The summed E-state index contributed by atoms with van der Waals surface area (Å²) in [6.07, 6.45) is 0.944. The van der Waals surface area contributed by atoms with Gasteiger partial charge in [0.15, 0.2) is 0 Å². The molecule has 1 aromatic rings. The Balaban J connectivity index is 2.93. The molecular formula is C14H23N3O3. The Morgan fingerprint density at radius 3 is 2.50 bits per heavy atom. The molecule has 0 bridgehead atoms. The molecule has 0 unspecified atom stereocenters. The number of aliphatic hydroxyl groups is 1. The van der Waals surface area contributed by atoms with Gasteiger partial charge in [0.2, 0.25) is 0 Å². The van der Waals surface area contributed by atoms with E-state index in [2.05, 4.69) is 4.90 Å². The lowest BCUT2D eigenvalue weighted by Crippen LogP contribution is -2.27. The summed E-state index contributed by atoms with van der Waals surface area (Å²) in [6.45, 7) is 4.23. The van der Waals surface area contributed by atoms with Gasteiger partial charge in [-0.3, -0.25) is 10.1 Å². The summed E-state index contributed by atoms with van der Waals surface area (Å²) in [5, 5.41) is 20.3. The Hall–Kier alpha value is -1.66. The van der Waals surface area contributed by atoms with E-state index >= 15 is 0 Å². The predicted octanol–water partition coefficient (Wildman–Crippen LogP) is 1.87. The van der Waals surface area contributed by atoms with Crippen LogP contribution in [0.4, 0.5) is 11.4 Å². The highest BCUT2D eigenvalue weighted by atomic mass is 16.6. The third-order valence-corrected chi connectivity index (χ3v) is 3.17. The summed E-state index contributed by atoms with van der Waals surface area (Å²) in [6, 6.07) is 4.91. The van der Waals surface area contributed by atoms with E-state index in [9.17, 15) is 10.1 Å². The molecule has 0 atom stereocenters. The number of rotatable bonds is 8. The highest BCUT2D eigenvalue weighted by Gasteiger charge is 2.18. The Morgan fingerprint density at radius 1 is 1.30 bits per heavy atom. The second-order valence-electron chi connectivity index (χ2n) is 4.97. The van der Waals surface area contributed by atoms with Crippen molar-refractivity contribution in [1.29, 1.82) is 0 Å². The van der Waals surface area contributed by atoms with Gasteiger partial charge in [0, 0.05) is 19.2 Å². The van der Waals surface area contributed by atoms with Crippen LogP contribution in [0.15, 0.2) is 18.2 Å². The molecule has 0 fully saturated rings. The number of hydrogen-bond donors (Lipinski definition) is 1. The van der Waals surface area contributed by atoms with Gasteiger partial charge >= 0.3 is 0 Å². The molecule has 1 rings (SSSR count). The van der Waals surface area contributed by atoms with Crippen LogP contribution >= 0.6 is 0 Å². The topological polar surface area (TPSA) is 69.8 Å². The average Bonchev–Trinajstić information content (AvgIpc) is 2.42. The molecule has 0 amide bonds. The van der Waals surface area contributed by atoms with Crippen molar-refractivity contribution in [1.82, 2.24) is 4.90 Å². The van der Waals surface area contributed by atoms with Crippen LogP contribution in [0.2, 0.25) is 0 Å². The molecule has 0 heterocycles. The summed E-state index contributed by atoms with van der Waals surface area (Å²) in [5.74, 6) is 0. The van der Waals surface area contributed by atoms with Gasteiger partial charge in [0.25, 0.3) is 5.69 Å². The molecule has 0 aliphatic rings. The first-order valence-corrected chi connectivity index (χ1v) is 6.77. The SMILES string of the molecule is CCN(CCCN(C)C)c1ccc(CO)cc1[N+](=O)[O-]. The number of nitrogens with zero attached hydrogens (tertiary/aromatic N) is 3. The van der Waals surface area contributed by atoms with E-state index in [1.54, 1.807) is 12.1 Å². The van der Waals surface area contributed by atoms with Gasteiger partial charge in [0.1, 0.15) is 5.69 Å². The van der Waals surface area contributed by atoms with Crippen molar-refractivity contribution in [3.63, 3.8) is 0 Å². The average molecular weight is 281 g/mol. The highest BCUT2D eigenvalue weighted by molar-refractivity contribution is 5.64. The number of hydrogen-bond acceptors (Lipinski definition) is 5. The molecule has 0 radical (unpaired) electrons. The normalized spacial score (nSPS) is 10.8. The van der Waals surface area contributed by atoms with Crippen molar-refractivity contribution in [3.05, 3.63) is 33.9 Å². The lowest BCUT2D eigenvalue weighted by molar-refractivity contribution is -0.384. The van der Waals surface area contributed by atoms with Crippen LogP contribution in [0.5, 0.6) is 0 Å². The molecule has 20 heavy (non-hydrogen) atoms. The molecule has 0 saturated heterocycles. The third kappa shape index (κ3) is 4.47. The van der Waals surface area contributed by atoms with Crippen LogP contribution in [0.25, 0.3) is 0 Å². The van der Waals surface area contributed by atoms with E-state index in [0.29, 0.717) is 17.8 Å². The van der Waals surface area contributed by atoms with Crippen molar-refractivity contribution >= 4 is 11.4 Å². The molecule has 112 valence electrons. The first-order valence-electron chi connectivity index (χ1n) is 6.77. The van der Waals surface area contributed by atoms with Crippen molar-refractivity contribution in [3.8, 4) is 0 Å². The maximum Gasteiger partial charge on any atom is 0.292 e. The van der Waals surface area contributed by atoms with E-state index in [4.69, 9.17) is 5.11 Å². The summed E-state index contributed by atoms with van der Waals surface area (Å²) in [5.41, 5.74) is 1.24. The molecule has 6 nitrogen and oxygen atoms in total. The first kappa shape index (κ1) is 16.4. The molecule has 1 aromatic carbocycles. The van der Waals surface area contributed by atoms with Gasteiger partial charge in [-0.1, -0.05) is 6.07 Å². The van der Waals surface area contributed by atoms with Crippen LogP contribution in [0.1, 0.15) is 18.9 Å². The Labute approximate surface area is 119 Å². The quantitative estimate of drug-likeness (QED) is 0.582. The van der Waals surface area contributed by atoms with E-state index in [1.165, 1.54) is 6.07 Å². The van der Waals surface area contributed by atoms with Crippen LogP contribution in [0.3, 0.4) is 0 Å². The first-order chi connectivity index (χ1) is 9.49. The third-order valence-electron chi connectivity index (χ3n) is 3.17. The number of aliphatic hydroxyl groups excluding tert-OH is 1. The minimum Gasteiger partial charge on any atom is -0.392 e. The van der Waals surface area contributed by atoms with Crippen LogP contribution in [-0.4, -0.2) is 48.7 Å². The van der Waals surface area contributed by atoms with Gasteiger partial charge in [-0.15, -0.1) is 0 Å². The van der Waals surface area contributed by atoms with E-state index in [0.717, 1.165) is 19.5 Å². The molecule has 0 spiro atoms. The number of nitro groups is 1. The molecule has 0 aliphatic carbocycles. The van der Waals surface area contributed by atoms with Gasteiger partial charge < -0.3 is 14.9 Å². The van der Waals surface area contributed by atoms with Gasteiger partial charge in [-0.05, 0) is 45.6 Å². The van der Waals surface area contributed by atoms with Gasteiger partial charge in [-0.2, -0.15) is 0 Å². The highest BCUT2D eigenvalue weighted by Crippen LogP contribution is 2.29. The summed E-state index contributed by atoms with van der Waals surface area (Å²) < 4.78 is 0. The van der Waals surface area contributed by atoms with E-state index in [1.807, 2.05) is 25.9 Å². The molecule has 6 heteroatoms. The Morgan fingerprint density at radius 2 is 2.00 bits per heavy atom. The monoisotopic (exact) mass is 281 g/mol. The zero-order chi connectivity index (χ0) is 15.1. The van der Waals surface area contributed by atoms with Crippen LogP contribution < -0.4 is 4.90 Å². The zero-order valence-electron chi connectivity index (χ0n) is 12.4. The maximum absolute atomic E-state index is 11.2. The Kier molecular flexibility index (Phi) is 6.41. The second kappa shape index (κ2) is 7.81. The van der Waals surface area contributed by atoms with E-state index < -0.39 is 0 Å². The summed E-state index contributed by atoms with van der Waals surface area (Å²) >= 11 is 0. The maximum atomic E-state index is 11.2. The van der Waals surface area contributed by atoms with Gasteiger partial charge in [0.05, 0.1) is 11.5 Å². The minimum absolute atomic E-state index is 0.0586. The molecule has 0 aliphatic heterocycles.